The van der Waals surface area contributed by atoms with Crippen molar-refractivity contribution >= 4 is 38.8 Å². The van der Waals surface area contributed by atoms with E-state index < -0.39 is 0 Å². The topological polar surface area (TPSA) is 34.0 Å². The molecule has 0 N–H and O–H groups in total. The van der Waals surface area contributed by atoms with E-state index in [2.05, 4.69) is 160 Å². The Morgan fingerprint density at radius 3 is 1.67 bits per heavy atom. The van der Waals surface area contributed by atoms with Crippen LogP contribution in [0.5, 0.6) is 0 Å². The second kappa shape index (κ2) is 10.3. The molecule has 4 nitrogen and oxygen atoms in total. The number of allylic oxidation sites excluding steroid dienone is 2. The van der Waals surface area contributed by atoms with E-state index in [1.807, 2.05) is 12.1 Å². The maximum Gasteiger partial charge on any atom is 0.0930 e. The van der Waals surface area contributed by atoms with Gasteiger partial charge in [-0.05, 0) is 60.2 Å². The van der Waals surface area contributed by atoms with Crippen molar-refractivity contribution in [3.63, 3.8) is 0 Å². The van der Waals surface area contributed by atoms with Gasteiger partial charge in [0.25, 0.3) is 0 Å². The van der Waals surface area contributed by atoms with Crippen LogP contribution >= 0.6 is 0 Å². The van der Waals surface area contributed by atoms with Gasteiger partial charge >= 0.3 is 0 Å². The molecule has 2 aromatic heterocycles. The van der Waals surface area contributed by atoms with Crippen LogP contribution in [-0.2, 0) is 0 Å². The fraction of sp³-hybridized carbons (Fsp3) is 0.0256. The van der Waals surface area contributed by atoms with Crippen LogP contribution in [0.4, 0.5) is 11.4 Å². The number of aromatic nitrogens is 3. The molecule has 0 aliphatic carbocycles. The van der Waals surface area contributed by atoms with Crippen molar-refractivity contribution in [1.29, 1.82) is 0 Å². The van der Waals surface area contributed by atoms with E-state index in [9.17, 15) is 0 Å². The second-order valence-electron chi connectivity index (χ2n) is 10.8. The van der Waals surface area contributed by atoms with Gasteiger partial charge in [-0.25, -0.2) is 0 Å². The zero-order valence-corrected chi connectivity index (χ0v) is 23.6. The molecule has 1 aliphatic heterocycles. The normalized spacial score (nSPS) is 12.9. The number of hydrogen-bond donors (Lipinski definition) is 0. The molecule has 5 aromatic carbocycles. The summed E-state index contributed by atoms with van der Waals surface area (Å²) in [6, 6.07) is 46.8. The molecule has 43 heavy (non-hydrogen) atoms. The standard InChI is InChI=1S/C39H28N4/c1-27-9-8-26-42(37-13-5-2-10-32(27)37)30-20-16-28(17-21-30)35-24-25-36(41-40-35)29-18-22-31(23-19-29)43-38-14-6-3-11-33(38)34-12-4-7-15-39(34)43/h2-25H,1,26H2. The van der Waals surface area contributed by atoms with E-state index in [-0.39, 0.29) is 0 Å². The first kappa shape index (κ1) is 25.0. The van der Waals surface area contributed by atoms with Crippen molar-refractivity contribution in [3.8, 4) is 28.2 Å². The van der Waals surface area contributed by atoms with Gasteiger partial charge in [-0.1, -0.05) is 97.6 Å². The van der Waals surface area contributed by atoms with Crippen molar-refractivity contribution in [3.05, 3.63) is 158 Å². The first-order valence-electron chi connectivity index (χ1n) is 14.5. The van der Waals surface area contributed by atoms with Gasteiger partial charge in [0.2, 0.25) is 0 Å². The van der Waals surface area contributed by atoms with Gasteiger partial charge in [-0.3, -0.25) is 0 Å². The average Bonchev–Trinajstić information content (AvgIpc) is 3.31. The maximum absolute atomic E-state index is 4.59. The highest BCUT2D eigenvalue weighted by Crippen LogP contribution is 2.36. The van der Waals surface area contributed by atoms with E-state index in [4.69, 9.17) is 0 Å². The lowest BCUT2D eigenvalue weighted by atomic mass is 10.0. The minimum atomic E-state index is 0.791. The molecule has 0 fully saturated rings. The highest BCUT2D eigenvalue weighted by atomic mass is 15.1. The van der Waals surface area contributed by atoms with Crippen molar-refractivity contribution in [2.24, 2.45) is 0 Å². The Kier molecular flexibility index (Phi) is 5.97. The molecule has 0 bridgehead atoms. The SMILES string of the molecule is C=C1C=CCN(c2ccc(-c3ccc(-c4ccc(-n5c6ccccc6c6ccccc65)cc4)nn3)cc2)c2ccccc21. The van der Waals surface area contributed by atoms with Crippen molar-refractivity contribution in [2.75, 3.05) is 11.4 Å². The summed E-state index contributed by atoms with van der Waals surface area (Å²) in [5.41, 5.74) is 11.8. The molecule has 0 radical (unpaired) electrons. The van der Waals surface area contributed by atoms with Gasteiger partial charge in [0.05, 0.1) is 22.4 Å². The van der Waals surface area contributed by atoms with Crippen LogP contribution in [0.1, 0.15) is 5.56 Å². The Bertz CT molecular complexity index is 2100. The zero-order valence-electron chi connectivity index (χ0n) is 23.6. The third kappa shape index (κ3) is 4.32. The second-order valence-corrected chi connectivity index (χ2v) is 10.8. The summed E-state index contributed by atoms with van der Waals surface area (Å²) in [7, 11) is 0. The molecule has 0 saturated carbocycles. The Morgan fingerprint density at radius 2 is 1.07 bits per heavy atom. The first-order valence-corrected chi connectivity index (χ1v) is 14.5. The zero-order chi connectivity index (χ0) is 28.8. The Labute approximate surface area is 250 Å². The molecule has 3 heterocycles. The highest BCUT2D eigenvalue weighted by Gasteiger charge is 2.16. The Morgan fingerprint density at radius 1 is 0.535 bits per heavy atom. The van der Waals surface area contributed by atoms with E-state index in [1.54, 1.807) is 0 Å². The fourth-order valence-corrected chi connectivity index (χ4v) is 6.15. The Hall–Kier alpha value is -5.74. The quantitative estimate of drug-likeness (QED) is 0.218. The predicted octanol–water partition coefficient (Wildman–Crippen LogP) is 9.63. The van der Waals surface area contributed by atoms with Gasteiger partial charge in [0.1, 0.15) is 0 Å². The summed E-state index contributed by atoms with van der Waals surface area (Å²) in [5.74, 6) is 0. The van der Waals surface area contributed by atoms with Crippen molar-refractivity contribution in [1.82, 2.24) is 14.8 Å². The number of benzene rings is 5. The molecular formula is C39H28N4. The minimum absolute atomic E-state index is 0.791. The maximum atomic E-state index is 4.59. The van der Waals surface area contributed by atoms with E-state index >= 15 is 0 Å². The lowest BCUT2D eigenvalue weighted by Crippen LogP contribution is -2.16. The fourth-order valence-electron chi connectivity index (χ4n) is 6.15. The molecule has 0 saturated heterocycles. The third-order valence-electron chi connectivity index (χ3n) is 8.29. The van der Waals surface area contributed by atoms with E-state index in [0.717, 1.165) is 51.6 Å². The van der Waals surface area contributed by atoms with E-state index in [0.29, 0.717) is 0 Å². The molecule has 1 aliphatic rings. The van der Waals surface area contributed by atoms with Gasteiger partial charge in [0, 0.05) is 51.1 Å². The van der Waals surface area contributed by atoms with Crippen LogP contribution in [0.3, 0.4) is 0 Å². The van der Waals surface area contributed by atoms with Gasteiger partial charge < -0.3 is 9.47 Å². The monoisotopic (exact) mass is 552 g/mol. The molecule has 8 rings (SSSR count). The minimum Gasteiger partial charge on any atom is -0.337 e. The van der Waals surface area contributed by atoms with Crippen molar-refractivity contribution in [2.45, 2.75) is 0 Å². The molecule has 0 amide bonds. The number of hydrogen-bond acceptors (Lipinski definition) is 3. The number of anilines is 2. The largest absolute Gasteiger partial charge is 0.337 e. The number of nitrogens with zero attached hydrogens (tertiary/aromatic N) is 4. The summed E-state index contributed by atoms with van der Waals surface area (Å²) in [5, 5.41) is 11.7. The van der Waals surface area contributed by atoms with Crippen LogP contribution in [0.25, 0.3) is 55.6 Å². The molecule has 0 atom stereocenters. The van der Waals surface area contributed by atoms with Crippen LogP contribution in [0.15, 0.2) is 152 Å². The summed E-state index contributed by atoms with van der Waals surface area (Å²) < 4.78 is 2.32. The molecule has 0 unspecified atom stereocenters. The number of fused-ring (bicyclic) bond motifs is 4. The van der Waals surface area contributed by atoms with Gasteiger partial charge in [-0.2, -0.15) is 0 Å². The van der Waals surface area contributed by atoms with Gasteiger partial charge in [-0.15, -0.1) is 10.2 Å². The summed E-state index contributed by atoms with van der Waals surface area (Å²) >= 11 is 0. The number of rotatable bonds is 4. The van der Waals surface area contributed by atoms with Gasteiger partial charge in [0.15, 0.2) is 0 Å². The van der Waals surface area contributed by atoms with Crippen LogP contribution in [-0.4, -0.2) is 21.3 Å². The molecule has 0 spiro atoms. The summed E-state index contributed by atoms with van der Waals surface area (Å²) in [6.07, 6.45) is 4.26. The predicted molar refractivity (Wildman–Crippen MR) is 179 cm³/mol. The molecule has 4 heteroatoms. The average molecular weight is 553 g/mol. The first-order chi connectivity index (χ1) is 21.2. The highest BCUT2D eigenvalue weighted by molar-refractivity contribution is 6.09. The third-order valence-corrected chi connectivity index (χ3v) is 8.29. The molecule has 7 aromatic rings. The summed E-state index contributed by atoms with van der Waals surface area (Å²) in [6.45, 7) is 5.03. The lowest BCUT2D eigenvalue weighted by molar-refractivity contribution is 1.04. The molecular weight excluding hydrogens is 524 g/mol. The number of para-hydroxylation sites is 3. The lowest BCUT2D eigenvalue weighted by Gasteiger charge is -2.25. The van der Waals surface area contributed by atoms with Crippen LogP contribution in [0.2, 0.25) is 0 Å². The van der Waals surface area contributed by atoms with Crippen LogP contribution in [0, 0.1) is 0 Å². The smallest absolute Gasteiger partial charge is 0.0930 e. The van der Waals surface area contributed by atoms with Crippen molar-refractivity contribution < 1.29 is 0 Å². The Balaban J connectivity index is 1.05. The van der Waals surface area contributed by atoms with E-state index in [1.165, 1.54) is 27.5 Å². The van der Waals surface area contributed by atoms with Crippen LogP contribution < -0.4 is 4.90 Å². The summed E-state index contributed by atoms with van der Waals surface area (Å²) in [4.78, 5) is 2.31. The molecule has 204 valence electrons.